The number of aliphatic hydroxyl groups excluding tert-OH is 1. The summed E-state index contributed by atoms with van der Waals surface area (Å²) >= 11 is 0. The second-order valence-electron chi connectivity index (χ2n) is 6.73. The van der Waals surface area contributed by atoms with Crippen LogP contribution in [0.25, 0.3) is 0 Å². The second kappa shape index (κ2) is 5.23. The number of rotatable bonds is 1. The molecule has 0 aromatic heterocycles. The maximum Gasteiger partial charge on any atom is 0.309 e. The molecule has 120 valence electrons. The lowest BCUT2D eigenvalue weighted by molar-refractivity contribution is -0.150. The first kappa shape index (κ1) is 15.3. The van der Waals surface area contributed by atoms with E-state index in [4.69, 9.17) is 9.47 Å². The fourth-order valence-electron chi connectivity index (χ4n) is 4.41. The zero-order valence-electron chi connectivity index (χ0n) is 13.1. The van der Waals surface area contributed by atoms with Crippen LogP contribution in [0, 0.1) is 23.7 Å². The molecule has 0 amide bonds. The van der Waals surface area contributed by atoms with Gasteiger partial charge in [-0.3, -0.25) is 9.59 Å². The van der Waals surface area contributed by atoms with E-state index in [1.165, 1.54) is 6.92 Å². The highest BCUT2D eigenvalue weighted by Gasteiger charge is 2.57. The number of aliphatic hydroxyl groups is 1. The van der Waals surface area contributed by atoms with E-state index in [0.29, 0.717) is 6.42 Å². The fourth-order valence-corrected chi connectivity index (χ4v) is 4.41. The molecule has 5 heteroatoms. The quantitative estimate of drug-likeness (QED) is 0.588. The van der Waals surface area contributed by atoms with Crippen molar-refractivity contribution in [3.8, 4) is 0 Å². The third kappa shape index (κ3) is 2.19. The first-order valence-electron chi connectivity index (χ1n) is 7.73. The van der Waals surface area contributed by atoms with Crippen molar-refractivity contribution in [3.05, 3.63) is 23.8 Å². The fraction of sp³-hybridized carbons (Fsp3) is 0.647. The molecule has 0 aromatic rings. The van der Waals surface area contributed by atoms with Gasteiger partial charge in [-0.15, -0.1) is 0 Å². The van der Waals surface area contributed by atoms with Crippen LogP contribution in [0.15, 0.2) is 23.8 Å². The van der Waals surface area contributed by atoms with E-state index in [2.05, 4.69) is 6.58 Å². The molecule has 3 rings (SSSR count). The van der Waals surface area contributed by atoms with Gasteiger partial charge >= 0.3 is 11.9 Å². The summed E-state index contributed by atoms with van der Waals surface area (Å²) in [4.78, 5) is 23.5. The Hall–Kier alpha value is -1.62. The van der Waals surface area contributed by atoms with E-state index in [9.17, 15) is 14.7 Å². The number of fused-ring (bicyclic) bond motifs is 3. The lowest BCUT2D eigenvalue weighted by atomic mass is 9.78. The minimum Gasteiger partial charge on any atom is -0.462 e. The molecule has 0 radical (unpaired) electrons. The second-order valence-corrected chi connectivity index (χ2v) is 6.73. The van der Waals surface area contributed by atoms with Gasteiger partial charge in [-0.25, -0.2) is 0 Å². The summed E-state index contributed by atoms with van der Waals surface area (Å²) in [5, 5.41) is 10.3. The van der Waals surface area contributed by atoms with Crippen LogP contribution < -0.4 is 0 Å². The van der Waals surface area contributed by atoms with Crippen LogP contribution in [0.4, 0.5) is 0 Å². The maximum absolute atomic E-state index is 12.1. The van der Waals surface area contributed by atoms with Gasteiger partial charge in [0.15, 0.2) is 0 Å². The maximum atomic E-state index is 12.1. The first-order chi connectivity index (χ1) is 10.3. The molecule has 1 saturated heterocycles. The molecule has 1 heterocycles. The van der Waals surface area contributed by atoms with Crippen molar-refractivity contribution < 1.29 is 24.2 Å². The molecular formula is C17H22O5. The Labute approximate surface area is 130 Å². The van der Waals surface area contributed by atoms with Crippen molar-refractivity contribution in [3.63, 3.8) is 0 Å². The molecule has 5 nitrogen and oxygen atoms in total. The normalized spacial score (nSPS) is 43.8. The van der Waals surface area contributed by atoms with E-state index >= 15 is 0 Å². The molecule has 7 atom stereocenters. The van der Waals surface area contributed by atoms with Crippen molar-refractivity contribution in [2.24, 2.45) is 23.7 Å². The average Bonchev–Trinajstić information content (AvgIpc) is 2.81. The van der Waals surface area contributed by atoms with Crippen LogP contribution >= 0.6 is 0 Å². The molecular weight excluding hydrogens is 284 g/mol. The van der Waals surface area contributed by atoms with Gasteiger partial charge in [0.05, 0.1) is 12.0 Å². The molecule has 0 aromatic carbocycles. The third-order valence-electron chi connectivity index (χ3n) is 5.33. The summed E-state index contributed by atoms with van der Waals surface area (Å²) in [6.45, 7) is 9.23. The predicted octanol–water partition coefficient (Wildman–Crippen LogP) is 1.61. The van der Waals surface area contributed by atoms with Crippen molar-refractivity contribution in [2.45, 2.75) is 45.5 Å². The highest BCUT2D eigenvalue weighted by Crippen LogP contribution is 2.51. The molecule has 7 unspecified atom stereocenters. The van der Waals surface area contributed by atoms with Crippen molar-refractivity contribution in [2.75, 3.05) is 0 Å². The van der Waals surface area contributed by atoms with Crippen LogP contribution in [0.2, 0.25) is 0 Å². The van der Waals surface area contributed by atoms with Crippen LogP contribution in [-0.4, -0.2) is 35.4 Å². The Kier molecular flexibility index (Phi) is 3.63. The summed E-state index contributed by atoms with van der Waals surface area (Å²) < 4.78 is 11.1. The minimum atomic E-state index is -0.621. The van der Waals surface area contributed by atoms with Crippen LogP contribution in [-0.2, 0) is 19.1 Å². The van der Waals surface area contributed by atoms with Gasteiger partial charge in [-0.2, -0.15) is 0 Å². The Morgan fingerprint density at radius 1 is 1.45 bits per heavy atom. The third-order valence-corrected chi connectivity index (χ3v) is 5.33. The number of carbonyl (C=O) groups is 2. The smallest absolute Gasteiger partial charge is 0.309 e. The van der Waals surface area contributed by atoms with Gasteiger partial charge in [-0.1, -0.05) is 30.7 Å². The lowest BCUT2D eigenvalue weighted by Gasteiger charge is -2.30. The van der Waals surface area contributed by atoms with Crippen molar-refractivity contribution >= 4 is 11.9 Å². The zero-order valence-corrected chi connectivity index (χ0v) is 13.1. The molecule has 22 heavy (non-hydrogen) atoms. The monoisotopic (exact) mass is 306 g/mol. The summed E-state index contributed by atoms with van der Waals surface area (Å²) in [5.41, 5.74) is 1.87. The van der Waals surface area contributed by atoms with E-state index in [1.54, 1.807) is 0 Å². The minimum absolute atomic E-state index is 0.0815. The molecule has 1 saturated carbocycles. The van der Waals surface area contributed by atoms with E-state index < -0.39 is 12.2 Å². The molecule has 0 bridgehead atoms. The van der Waals surface area contributed by atoms with Gasteiger partial charge in [0.25, 0.3) is 0 Å². The van der Waals surface area contributed by atoms with Gasteiger partial charge in [-0.05, 0) is 6.92 Å². The highest BCUT2D eigenvalue weighted by atomic mass is 16.6. The van der Waals surface area contributed by atoms with Gasteiger partial charge in [0.2, 0.25) is 0 Å². The van der Waals surface area contributed by atoms with Crippen molar-refractivity contribution in [1.82, 2.24) is 0 Å². The topological polar surface area (TPSA) is 72.8 Å². The van der Waals surface area contributed by atoms with Crippen LogP contribution in [0.5, 0.6) is 0 Å². The number of ether oxygens (including phenoxy) is 2. The molecule has 1 N–H and O–H groups in total. The molecule has 2 fully saturated rings. The van der Waals surface area contributed by atoms with Gasteiger partial charge < -0.3 is 14.6 Å². The SMILES string of the molecule is C=C1CC(OC(C)=O)C2C(C)C(=O)OC2C2C(C)=CC(O)C12. The molecule has 1 aliphatic heterocycles. The Morgan fingerprint density at radius 3 is 2.77 bits per heavy atom. The first-order valence-corrected chi connectivity index (χ1v) is 7.73. The van der Waals surface area contributed by atoms with Crippen LogP contribution in [0.1, 0.15) is 27.2 Å². The average molecular weight is 306 g/mol. The van der Waals surface area contributed by atoms with Crippen molar-refractivity contribution in [1.29, 1.82) is 0 Å². The Balaban J connectivity index is 2.03. The number of carbonyl (C=O) groups excluding carboxylic acids is 2. The number of hydrogen-bond acceptors (Lipinski definition) is 5. The van der Waals surface area contributed by atoms with Crippen LogP contribution in [0.3, 0.4) is 0 Å². The Morgan fingerprint density at radius 2 is 2.14 bits per heavy atom. The van der Waals surface area contributed by atoms with E-state index in [0.717, 1.165) is 11.1 Å². The summed E-state index contributed by atoms with van der Waals surface area (Å²) in [6.07, 6.45) is 0.858. The standard InChI is InChI=1S/C17H22O5/c1-7-5-11(19)13-8(2)6-12(21-10(4)18)15-9(3)17(20)22-16(15)14(7)13/h5,9,11-16,19H,2,6H2,1,3-4H3. The summed E-state index contributed by atoms with van der Waals surface area (Å²) in [6, 6.07) is 0. The number of esters is 2. The van der Waals surface area contributed by atoms with E-state index in [1.807, 2.05) is 19.9 Å². The highest BCUT2D eigenvalue weighted by molar-refractivity contribution is 5.75. The molecule has 2 aliphatic carbocycles. The summed E-state index contributed by atoms with van der Waals surface area (Å²) in [7, 11) is 0. The zero-order chi connectivity index (χ0) is 16.2. The molecule has 3 aliphatic rings. The van der Waals surface area contributed by atoms with Gasteiger partial charge in [0, 0.05) is 31.1 Å². The Bertz CT molecular complexity index is 563. The predicted molar refractivity (Wildman–Crippen MR) is 78.6 cm³/mol. The lowest BCUT2D eigenvalue weighted by Crippen LogP contribution is -2.38. The summed E-state index contributed by atoms with van der Waals surface area (Å²) in [5.74, 6) is -1.41. The van der Waals surface area contributed by atoms with E-state index in [-0.39, 0.29) is 41.7 Å². The molecule has 0 spiro atoms. The van der Waals surface area contributed by atoms with Gasteiger partial charge in [0.1, 0.15) is 12.2 Å². The largest absolute Gasteiger partial charge is 0.462 e. The number of hydrogen-bond donors (Lipinski definition) is 1.